The van der Waals surface area contributed by atoms with Gasteiger partial charge < -0.3 is 20.8 Å². The van der Waals surface area contributed by atoms with Gasteiger partial charge in [-0.15, -0.1) is 0 Å². The van der Waals surface area contributed by atoms with Crippen molar-refractivity contribution in [3.8, 4) is 11.3 Å². The molecule has 1 saturated heterocycles. The lowest BCUT2D eigenvalue weighted by Gasteiger charge is -2.27. The Labute approximate surface area is 215 Å². The van der Waals surface area contributed by atoms with Crippen LogP contribution in [0.4, 0.5) is 10.5 Å². The molecule has 0 radical (unpaired) electrons. The summed E-state index contributed by atoms with van der Waals surface area (Å²) in [5, 5.41) is 5.54. The maximum atomic E-state index is 13.1. The van der Waals surface area contributed by atoms with Crippen molar-refractivity contribution in [2.45, 2.75) is 44.9 Å². The largest absolute Gasteiger partial charge is 0.444 e. The highest BCUT2D eigenvalue weighted by Crippen LogP contribution is 2.25. The molecule has 2 aromatic heterocycles. The molecule has 4 rings (SSSR count). The molecule has 11 heteroatoms. The first-order chi connectivity index (χ1) is 17.6. The third-order valence-electron chi connectivity index (χ3n) is 6.02. The second kappa shape index (κ2) is 10.5. The van der Waals surface area contributed by atoms with E-state index in [0.717, 1.165) is 16.9 Å². The molecular weight excluding hydrogens is 474 g/mol. The van der Waals surface area contributed by atoms with E-state index >= 15 is 0 Å². The number of likely N-dealkylation sites (N-methyl/N-ethyl adjacent to an activating group) is 1. The Morgan fingerprint density at radius 2 is 1.89 bits per heavy atom. The van der Waals surface area contributed by atoms with Crippen LogP contribution in [-0.4, -0.2) is 70.5 Å². The first-order valence-corrected chi connectivity index (χ1v) is 12.1. The second-order valence-corrected chi connectivity index (χ2v) is 9.91. The third-order valence-corrected chi connectivity index (χ3v) is 6.02. The summed E-state index contributed by atoms with van der Waals surface area (Å²) in [6, 6.07) is 10.2. The lowest BCUT2D eigenvalue weighted by Crippen LogP contribution is -2.47. The number of imidazole rings is 1. The van der Waals surface area contributed by atoms with Crippen LogP contribution < -0.4 is 21.5 Å². The monoisotopic (exact) mass is 507 g/mol. The highest BCUT2D eigenvalue weighted by Gasteiger charge is 2.41. The maximum absolute atomic E-state index is 13.1. The Morgan fingerprint density at radius 3 is 2.59 bits per heavy atom. The minimum atomic E-state index is -0.726. The molecule has 196 valence electrons. The first-order valence-electron chi connectivity index (χ1n) is 12.1. The van der Waals surface area contributed by atoms with E-state index in [1.54, 1.807) is 52.3 Å². The van der Waals surface area contributed by atoms with Gasteiger partial charge in [0.15, 0.2) is 0 Å². The van der Waals surface area contributed by atoms with E-state index in [1.165, 1.54) is 11.9 Å². The molecule has 1 fully saturated rings. The number of hydrazine groups is 1. The molecular formula is C26H33N7O4. The van der Waals surface area contributed by atoms with E-state index in [-0.39, 0.29) is 24.8 Å². The molecule has 3 heterocycles. The smallest absolute Gasteiger partial charge is 0.411 e. The molecule has 1 aromatic carbocycles. The summed E-state index contributed by atoms with van der Waals surface area (Å²) in [6.45, 7) is 5.47. The number of hydrogen-bond acceptors (Lipinski definition) is 7. The number of aromatic nitrogens is 2. The number of nitrogens with zero attached hydrogens (tertiary/aromatic N) is 3. The number of amides is 3. The van der Waals surface area contributed by atoms with Crippen LogP contribution in [-0.2, 0) is 9.53 Å². The minimum absolute atomic E-state index is 0.172. The van der Waals surface area contributed by atoms with Gasteiger partial charge in [0, 0.05) is 49.7 Å². The molecule has 0 spiro atoms. The maximum Gasteiger partial charge on any atom is 0.411 e. The fraction of sp³-hybridized carbons (Fsp3) is 0.385. The lowest BCUT2D eigenvalue weighted by molar-refractivity contribution is -0.125. The fourth-order valence-corrected chi connectivity index (χ4v) is 4.38. The summed E-state index contributed by atoms with van der Waals surface area (Å²) in [7, 11) is 3.32. The molecule has 3 aromatic rings. The number of nitrogens with one attached hydrogen (secondary N) is 4. The molecule has 0 unspecified atom stereocenters. The number of fused-ring (bicyclic) bond motifs is 1. The van der Waals surface area contributed by atoms with E-state index in [2.05, 4.69) is 26.5 Å². The van der Waals surface area contributed by atoms with Crippen LogP contribution >= 0.6 is 0 Å². The number of carbonyl (C=O) groups is 3. The van der Waals surface area contributed by atoms with Crippen molar-refractivity contribution in [1.82, 2.24) is 30.3 Å². The van der Waals surface area contributed by atoms with E-state index in [4.69, 9.17) is 4.74 Å². The molecule has 0 aliphatic carbocycles. The van der Waals surface area contributed by atoms with E-state index in [0.29, 0.717) is 11.2 Å². The third kappa shape index (κ3) is 5.83. The highest BCUT2D eigenvalue weighted by atomic mass is 16.6. The molecule has 4 N–H and O–H groups in total. The van der Waals surface area contributed by atoms with Crippen LogP contribution in [0.15, 0.2) is 48.8 Å². The van der Waals surface area contributed by atoms with Crippen molar-refractivity contribution >= 4 is 29.2 Å². The zero-order chi connectivity index (χ0) is 26.7. The van der Waals surface area contributed by atoms with Gasteiger partial charge in [-0.05, 0) is 51.5 Å². The van der Waals surface area contributed by atoms with Crippen LogP contribution in [0.3, 0.4) is 0 Å². The predicted molar refractivity (Wildman–Crippen MR) is 140 cm³/mol. The summed E-state index contributed by atoms with van der Waals surface area (Å²) in [5.41, 5.74) is 9.10. The van der Waals surface area contributed by atoms with Gasteiger partial charge in [-0.3, -0.25) is 18.9 Å². The van der Waals surface area contributed by atoms with Crippen LogP contribution in [0.25, 0.3) is 16.9 Å². The summed E-state index contributed by atoms with van der Waals surface area (Å²) >= 11 is 0. The van der Waals surface area contributed by atoms with Gasteiger partial charge in [0.2, 0.25) is 5.91 Å². The van der Waals surface area contributed by atoms with Crippen molar-refractivity contribution in [3.63, 3.8) is 0 Å². The summed E-state index contributed by atoms with van der Waals surface area (Å²) < 4.78 is 7.38. The van der Waals surface area contributed by atoms with E-state index in [9.17, 15) is 14.4 Å². The van der Waals surface area contributed by atoms with Crippen molar-refractivity contribution in [2.75, 3.05) is 26.1 Å². The van der Waals surface area contributed by atoms with Crippen LogP contribution in [0.2, 0.25) is 0 Å². The Morgan fingerprint density at radius 1 is 1.11 bits per heavy atom. The van der Waals surface area contributed by atoms with Crippen LogP contribution in [0, 0.1) is 0 Å². The van der Waals surface area contributed by atoms with Gasteiger partial charge in [-0.2, -0.15) is 0 Å². The van der Waals surface area contributed by atoms with Crippen LogP contribution in [0.1, 0.15) is 37.6 Å². The Hall–Kier alpha value is -4.12. The molecule has 1 aliphatic heterocycles. The standard InChI is InChI=1S/C26H33N7O4/c1-26(2,3)37-25(36)33-15-19(13-20(33)24(35)27-4)30-23(34)17-9-10-32-21(14-29-22(32)12-17)16-7-6-8-18(11-16)31-28-5/h6-12,14,19-20,28,31H,13,15H2,1-5H3,(H,27,35)(H,30,34)/t19-,20+/m0/s1. The van der Waals surface area contributed by atoms with Gasteiger partial charge in [-0.25, -0.2) is 15.2 Å². The number of pyridine rings is 1. The van der Waals surface area contributed by atoms with Gasteiger partial charge >= 0.3 is 6.09 Å². The van der Waals surface area contributed by atoms with E-state index < -0.39 is 23.8 Å². The SMILES string of the molecule is CNNc1cccc(-c2cnc3cc(C(=O)N[C@H]4C[C@H](C(=O)NC)N(C(=O)OC(C)(C)C)C4)ccn23)c1. The number of likely N-dealkylation sites (tertiary alicyclic amines) is 1. The number of ether oxygens (including phenoxy) is 1. The fourth-order valence-electron chi connectivity index (χ4n) is 4.38. The quantitative estimate of drug-likeness (QED) is 0.377. The topological polar surface area (TPSA) is 129 Å². The summed E-state index contributed by atoms with van der Waals surface area (Å²) in [5.74, 6) is -0.609. The Kier molecular flexibility index (Phi) is 7.35. The van der Waals surface area contributed by atoms with E-state index in [1.807, 2.05) is 28.7 Å². The number of hydrogen-bond donors (Lipinski definition) is 4. The van der Waals surface area contributed by atoms with Gasteiger partial charge in [0.05, 0.1) is 11.9 Å². The average Bonchev–Trinajstić information content (AvgIpc) is 3.47. The van der Waals surface area contributed by atoms with Gasteiger partial charge in [-0.1, -0.05) is 12.1 Å². The molecule has 3 amide bonds. The average molecular weight is 508 g/mol. The lowest BCUT2D eigenvalue weighted by atomic mass is 10.1. The first kappa shape index (κ1) is 26.0. The zero-order valence-electron chi connectivity index (χ0n) is 21.7. The minimum Gasteiger partial charge on any atom is -0.444 e. The number of carbonyl (C=O) groups excluding carboxylic acids is 3. The van der Waals surface area contributed by atoms with Crippen molar-refractivity contribution in [3.05, 3.63) is 54.4 Å². The van der Waals surface area contributed by atoms with Crippen LogP contribution in [0.5, 0.6) is 0 Å². The second-order valence-electron chi connectivity index (χ2n) is 9.91. The van der Waals surface area contributed by atoms with Crippen molar-refractivity contribution in [2.24, 2.45) is 0 Å². The molecule has 37 heavy (non-hydrogen) atoms. The summed E-state index contributed by atoms with van der Waals surface area (Å²) in [6.07, 6.45) is 3.27. The Balaban J connectivity index is 1.50. The number of anilines is 1. The number of rotatable bonds is 6. The van der Waals surface area contributed by atoms with Gasteiger partial charge in [0.25, 0.3) is 5.91 Å². The normalized spacial score (nSPS) is 17.5. The molecule has 2 atom stereocenters. The molecule has 1 aliphatic rings. The molecule has 0 saturated carbocycles. The van der Waals surface area contributed by atoms with Gasteiger partial charge in [0.1, 0.15) is 17.3 Å². The molecule has 11 nitrogen and oxygen atoms in total. The Bertz CT molecular complexity index is 1310. The summed E-state index contributed by atoms with van der Waals surface area (Å²) in [4.78, 5) is 44.1. The highest BCUT2D eigenvalue weighted by molar-refractivity contribution is 5.95. The molecule has 0 bridgehead atoms. The van der Waals surface area contributed by atoms with Crippen molar-refractivity contribution in [1.29, 1.82) is 0 Å². The predicted octanol–water partition coefficient (Wildman–Crippen LogP) is 2.40. The zero-order valence-corrected chi connectivity index (χ0v) is 21.7. The number of benzene rings is 1. The van der Waals surface area contributed by atoms with Crippen molar-refractivity contribution < 1.29 is 19.1 Å².